The van der Waals surface area contributed by atoms with E-state index in [1.54, 1.807) is 0 Å². The van der Waals surface area contributed by atoms with Crippen LogP contribution in [0.5, 0.6) is 0 Å². The summed E-state index contributed by atoms with van der Waals surface area (Å²) in [6.45, 7) is 1.88. The van der Waals surface area contributed by atoms with Gasteiger partial charge in [0.15, 0.2) is 5.78 Å². The van der Waals surface area contributed by atoms with Crippen LogP contribution in [0.2, 0.25) is 0 Å². The maximum absolute atomic E-state index is 12.1. The van der Waals surface area contributed by atoms with Gasteiger partial charge in [-0.15, -0.1) is 0 Å². The molecule has 0 radical (unpaired) electrons. The van der Waals surface area contributed by atoms with Crippen molar-refractivity contribution in [2.24, 2.45) is 11.8 Å². The molecule has 3 nitrogen and oxygen atoms in total. The second kappa shape index (κ2) is 4.89. The van der Waals surface area contributed by atoms with Gasteiger partial charge in [-0.25, -0.2) is 0 Å². The summed E-state index contributed by atoms with van der Waals surface area (Å²) < 4.78 is 0. The van der Waals surface area contributed by atoms with Crippen molar-refractivity contribution in [2.45, 2.75) is 63.9 Å². The molecule has 0 bridgehead atoms. The number of aliphatic hydroxyl groups is 1. The normalized spacial score (nSPS) is 39.4. The first-order valence-electron chi connectivity index (χ1n) is 6.82. The van der Waals surface area contributed by atoms with Crippen molar-refractivity contribution in [3.8, 4) is 0 Å². The fourth-order valence-corrected chi connectivity index (χ4v) is 3.29. The van der Waals surface area contributed by atoms with Gasteiger partial charge in [0.25, 0.3) is 0 Å². The molecule has 0 amide bonds. The van der Waals surface area contributed by atoms with E-state index in [9.17, 15) is 14.7 Å². The minimum Gasteiger partial charge on any atom is -0.382 e. The van der Waals surface area contributed by atoms with Crippen LogP contribution in [0.4, 0.5) is 0 Å². The summed E-state index contributed by atoms with van der Waals surface area (Å²) in [5.74, 6) is 0.0771. The number of hydrogen-bond donors (Lipinski definition) is 1. The minimum atomic E-state index is -1.21. The maximum Gasteiger partial charge on any atom is 0.167 e. The Kier molecular flexibility index (Phi) is 3.67. The van der Waals surface area contributed by atoms with Gasteiger partial charge < -0.3 is 5.11 Å². The number of Topliss-reactive ketones (excluding diaryl/α,β-unsaturated/α-hetero) is 2. The molecule has 2 aliphatic carbocycles. The third-order valence-electron chi connectivity index (χ3n) is 4.40. The van der Waals surface area contributed by atoms with Crippen molar-refractivity contribution >= 4 is 11.6 Å². The molecule has 0 aromatic rings. The molecule has 3 heteroatoms. The lowest BCUT2D eigenvalue weighted by atomic mass is 9.71. The summed E-state index contributed by atoms with van der Waals surface area (Å²) >= 11 is 0. The van der Waals surface area contributed by atoms with Crippen molar-refractivity contribution < 1.29 is 14.7 Å². The highest BCUT2D eigenvalue weighted by Crippen LogP contribution is 2.36. The highest BCUT2D eigenvalue weighted by Gasteiger charge is 2.44. The summed E-state index contributed by atoms with van der Waals surface area (Å²) in [6.07, 6.45) is 6.18. The average Bonchev–Trinajstić information content (AvgIpc) is 2.29. The van der Waals surface area contributed by atoms with Crippen LogP contribution < -0.4 is 0 Å². The zero-order chi connectivity index (χ0) is 12.5. The third kappa shape index (κ3) is 2.59. The van der Waals surface area contributed by atoms with E-state index in [1.807, 2.05) is 6.92 Å². The van der Waals surface area contributed by atoms with E-state index in [1.165, 1.54) is 0 Å². The molecule has 1 N–H and O–H groups in total. The second-order valence-electron chi connectivity index (χ2n) is 5.80. The van der Waals surface area contributed by atoms with E-state index in [2.05, 4.69) is 0 Å². The van der Waals surface area contributed by atoms with E-state index in [4.69, 9.17) is 0 Å². The van der Waals surface area contributed by atoms with Crippen LogP contribution in [0.3, 0.4) is 0 Å². The highest BCUT2D eigenvalue weighted by molar-refractivity contribution is 5.91. The summed E-state index contributed by atoms with van der Waals surface area (Å²) in [5, 5.41) is 10.5. The van der Waals surface area contributed by atoms with Crippen LogP contribution in [0.25, 0.3) is 0 Å². The zero-order valence-electron chi connectivity index (χ0n) is 10.6. The van der Waals surface area contributed by atoms with E-state index >= 15 is 0 Å². The summed E-state index contributed by atoms with van der Waals surface area (Å²) in [4.78, 5) is 23.8. The van der Waals surface area contributed by atoms with Gasteiger partial charge in [-0.1, -0.05) is 13.3 Å². The number of carbonyl (C=O) groups excluding carboxylic acids is 2. The Labute approximate surface area is 103 Å². The topological polar surface area (TPSA) is 54.4 Å². The molecule has 2 rings (SSSR count). The summed E-state index contributed by atoms with van der Waals surface area (Å²) in [6, 6.07) is 0. The van der Waals surface area contributed by atoms with Crippen molar-refractivity contribution in [1.82, 2.24) is 0 Å². The van der Waals surface area contributed by atoms with Gasteiger partial charge in [-0.3, -0.25) is 9.59 Å². The van der Waals surface area contributed by atoms with Crippen molar-refractivity contribution in [2.75, 3.05) is 0 Å². The molecule has 0 aromatic carbocycles. The van der Waals surface area contributed by atoms with Crippen molar-refractivity contribution in [3.63, 3.8) is 0 Å². The molecule has 2 aliphatic rings. The lowest BCUT2D eigenvalue weighted by molar-refractivity contribution is -0.149. The number of hydrogen-bond acceptors (Lipinski definition) is 3. The third-order valence-corrected chi connectivity index (χ3v) is 4.40. The Balaban J connectivity index is 2.05. The van der Waals surface area contributed by atoms with Crippen LogP contribution in [0.15, 0.2) is 0 Å². The molecule has 2 fully saturated rings. The quantitative estimate of drug-likeness (QED) is 0.802. The molecule has 0 spiro atoms. The van der Waals surface area contributed by atoms with E-state index in [0.717, 1.165) is 32.1 Å². The van der Waals surface area contributed by atoms with Gasteiger partial charge in [-0.2, -0.15) is 0 Å². The number of ketones is 2. The first kappa shape index (κ1) is 12.7. The standard InChI is InChI=1S/C14H22O3/c1-10-5-4-8-14(17,13(10)16)9-11-6-2-3-7-12(11)15/h10-11,17H,2-9H2,1H3. The SMILES string of the molecule is CC1CCCC(O)(CC2CCCCC2=O)C1=O. The molecule has 0 aromatic heterocycles. The van der Waals surface area contributed by atoms with Gasteiger partial charge in [0.1, 0.15) is 11.4 Å². The second-order valence-corrected chi connectivity index (χ2v) is 5.80. The van der Waals surface area contributed by atoms with E-state index < -0.39 is 5.60 Å². The number of rotatable bonds is 2. The first-order valence-corrected chi connectivity index (χ1v) is 6.82. The van der Waals surface area contributed by atoms with Gasteiger partial charge in [0.2, 0.25) is 0 Å². The van der Waals surface area contributed by atoms with Gasteiger partial charge in [-0.05, 0) is 38.5 Å². The van der Waals surface area contributed by atoms with Crippen LogP contribution in [-0.2, 0) is 9.59 Å². The van der Waals surface area contributed by atoms with Gasteiger partial charge >= 0.3 is 0 Å². The molecular weight excluding hydrogens is 216 g/mol. The van der Waals surface area contributed by atoms with Crippen LogP contribution >= 0.6 is 0 Å². The summed E-state index contributed by atoms with van der Waals surface area (Å²) in [5.41, 5.74) is -1.21. The van der Waals surface area contributed by atoms with Gasteiger partial charge in [0.05, 0.1) is 0 Å². The molecule has 17 heavy (non-hydrogen) atoms. The Morgan fingerprint density at radius 2 is 2.00 bits per heavy atom. The Morgan fingerprint density at radius 1 is 1.24 bits per heavy atom. The molecule has 0 saturated heterocycles. The fraction of sp³-hybridized carbons (Fsp3) is 0.857. The molecule has 0 aliphatic heterocycles. The first-order chi connectivity index (χ1) is 8.03. The van der Waals surface area contributed by atoms with Crippen molar-refractivity contribution in [3.05, 3.63) is 0 Å². The van der Waals surface area contributed by atoms with Gasteiger partial charge in [0, 0.05) is 18.3 Å². The molecule has 2 saturated carbocycles. The minimum absolute atomic E-state index is 0.0397. The lowest BCUT2D eigenvalue weighted by Gasteiger charge is -2.37. The predicted molar refractivity (Wildman–Crippen MR) is 64.6 cm³/mol. The Bertz CT molecular complexity index is 323. The lowest BCUT2D eigenvalue weighted by Crippen LogP contribution is -2.47. The maximum atomic E-state index is 12.1. The molecule has 96 valence electrons. The largest absolute Gasteiger partial charge is 0.382 e. The number of carbonyl (C=O) groups is 2. The van der Waals surface area contributed by atoms with Crippen LogP contribution in [0.1, 0.15) is 58.3 Å². The van der Waals surface area contributed by atoms with E-state index in [-0.39, 0.29) is 23.4 Å². The highest BCUT2D eigenvalue weighted by atomic mass is 16.3. The van der Waals surface area contributed by atoms with E-state index in [0.29, 0.717) is 19.3 Å². The smallest absolute Gasteiger partial charge is 0.167 e. The summed E-state index contributed by atoms with van der Waals surface area (Å²) in [7, 11) is 0. The Morgan fingerprint density at radius 3 is 2.71 bits per heavy atom. The molecule has 0 heterocycles. The Hall–Kier alpha value is -0.700. The molecule has 3 unspecified atom stereocenters. The van der Waals surface area contributed by atoms with Crippen LogP contribution in [-0.4, -0.2) is 22.3 Å². The average molecular weight is 238 g/mol. The monoisotopic (exact) mass is 238 g/mol. The zero-order valence-corrected chi connectivity index (χ0v) is 10.6. The van der Waals surface area contributed by atoms with Crippen molar-refractivity contribution in [1.29, 1.82) is 0 Å². The predicted octanol–water partition coefficient (Wildman–Crippen LogP) is 2.26. The van der Waals surface area contributed by atoms with Crippen LogP contribution in [0, 0.1) is 11.8 Å². The fourth-order valence-electron chi connectivity index (χ4n) is 3.29. The molecule has 3 atom stereocenters. The molecular formula is C14H22O3.